The van der Waals surface area contributed by atoms with Crippen LogP contribution in [0.3, 0.4) is 0 Å². The molecule has 1 aromatic heterocycles. The number of pyridine rings is 1. The number of fused-ring (bicyclic) bond motifs is 1. The maximum absolute atomic E-state index is 14.7. The molecule has 0 atom stereocenters. The minimum atomic E-state index is -0.273. The molecule has 0 amide bonds. The van der Waals surface area contributed by atoms with Gasteiger partial charge in [-0.1, -0.05) is 24.3 Å². The first-order valence-corrected chi connectivity index (χ1v) is 11.2. The van der Waals surface area contributed by atoms with Gasteiger partial charge in [0.05, 0.1) is 23.9 Å². The number of guanidine groups is 1. The summed E-state index contributed by atoms with van der Waals surface area (Å²) in [6, 6.07) is 15.4. The molecule has 1 fully saturated rings. The van der Waals surface area contributed by atoms with Crippen molar-refractivity contribution in [1.29, 1.82) is 0 Å². The number of para-hydroxylation sites is 1. The highest BCUT2D eigenvalue weighted by Crippen LogP contribution is 2.24. The zero-order chi connectivity index (χ0) is 22.3. The lowest BCUT2D eigenvalue weighted by Gasteiger charge is -2.31. The Morgan fingerprint density at radius 2 is 1.97 bits per heavy atom. The van der Waals surface area contributed by atoms with Gasteiger partial charge in [-0.25, -0.2) is 9.38 Å². The monoisotopic (exact) mass is 435 g/mol. The summed E-state index contributed by atoms with van der Waals surface area (Å²) in [4.78, 5) is 11.0. The van der Waals surface area contributed by atoms with E-state index in [0.717, 1.165) is 28.6 Å². The second-order valence-electron chi connectivity index (χ2n) is 8.04. The number of aliphatic imine (C=N–C) groups is 1. The Bertz CT molecular complexity index is 1070. The van der Waals surface area contributed by atoms with E-state index in [1.807, 2.05) is 54.4 Å². The summed E-state index contributed by atoms with van der Waals surface area (Å²) in [6.45, 7) is 5.09. The molecule has 7 heteroatoms. The third-order valence-corrected chi connectivity index (χ3v) is 5.77. The highest BCUT2D eigenvalue weighted by atomic mass is 19.1. The lowest BCUT2D eigenvalue weighted by molar-refractivity contribution is 0.145. The number of aromatic nitrogens is 1. The first-order valence-electron chi connectivity index (χ1n) is 11.2. The summed E-state index contributed by atoms with van der Waals surface area (Å²) in [5.41, 5.74) is 3.52. The van der Waals surface area contributed by atoms with Gasteiger partial charge in [-0.05, 0) is 55.2 Å². The SMILES string of the molecule is CCNC(=NCc1ccc(N2CCC(O)CC2)c(F)c1)NCc1ccnc2ccccc12. The van der Waals surface area contributed by atoms with Crippen LogP contribution in [0.1, 0.15) is 30.9 Å². The molecule has 1 saturated heterocycles. The quantitative estimate of drug-likeness (QED) is 0.408. The fourth-order valence-corrected chi connectivity index (χ4v) is 4.01. The minimum absolute atomic E-state index is 0.240. The normalized spacial score (nSPS) is 15.2. The Kier molecular flexibility index (Phi) is 7.17. The topological polar surface area (TPSA) is 72.8 Å². The molecule has 2 heterocycles. The predicted molar refractivity (Wildman–Crippen MR) is 127 cm³/mol. The Labute approximate surface area is 188 Å². The van der Waals surface area contributed by atoms with Crippen LogP contribution in [0.2, 0.25) is 0 Å². The zero-order valence-electron chi connectivity index (χ0n) is 18.4. The van der Waals surface area contributed by atoms with Gasteiger partial charge in [0.15, 0.2) is 5.96 Å². The molecule has 3 aromatic rings. The van der Waals surface area contributed by atoms with Gasteiger partial charge in [-0.2, -0.15) is 0 Å². The van der Waals surface area contributed by atoms with Crippen LogP contribution >= 0.6 is 0 Å². The molecule has 6 nitrogen and oxygen atoms in total. The fourth-order valence-electron chi connectivity index (χ4n) is 4.01. The number of nitrogens with zero attached hydrogens (tertiary/aromatic N) is 3. The number of nitrogens with one attached hydrogen (secondary N) is 2. The molecular formula is C25H30FN5O. The van der Waals surface area contributed by atoms with E-state index in [0.29, 0.717) is 50.7 Å². The Morgan fingerprint density at radius 3 is 2.75 bits per heavy atom. The Hall–Kier alpha value is -3.19. The van der Waals surface area contributed by atoms with E-state index in [-0.39, 0.29) is 11.9 Å². The van der Waals surface area contributed by atoms with Crippen molar-refractivity contribution < 1.29 is 9.50 Å². The molecule has 0 bridgehead atoms. The maximum Gasteiger partial charge on any atom is 0.191 e. The van der Waals surface area contributed by atoms with Crippen LogP contribution < -0.4 is 15.5 Å². The number of rotatable bonds is 6. The number of anilines is 1. The van der Waals surface area contributed by atoms with Gasteiger partial charge in [0.2, 0.25) is 0 Å². The molecule has 4 rings (SSSR count). The van der Waals surface area contributed by atoms with Gasteiger partial charge in [0, 0.05) is 37.8 Å². The third kappa shape index (κ3) is 5.34. The van der Waals surface area contributed by atoms with Crippen LogP contribution in [0.5, 0.6) is 0 Å². The molecule has 0 radical (unpaired) electrons. The summed E-state index contributed by atoms with van der Waals surface area (Å²) in [5.74, 6) is 0.443. The van der Waals surface area contributed by atoms with Gasteiger partial charge in [0.25, 0.3) is 0 Å². The van der Waals surface area contributed by atoms with E-state index < -0.39 is 0 Å². The first-order chi connectivity index (χ1) is 15.6. The molecule has 168 valence electrons. The van der Waals surface area contributed by atoms with Crippen LogP contribution in [-0.4, -0.2) is 41.8 Å². The molecule has 32 heavy (non-hydrogen) atoms. The molecular weight excluding hydrogens is 405 g/mol. The summed E-state index contributed by atoms with van der Waals surface area (Å²) < 4.78 is 14.7. The number of benzene rings is 2. The summed E-state index contributed by atoms with van der Waals surface area (Å²) >= 11 is 0. The van der Waals surface area contributed by atoms with E-state index in [9.17, 15) is 9.50 Å². The molecule has 1 aliphatic rings. The summed E-state index contributed by atoms with van der Waals surface area (Å²) in [6.07, 6.45) is 2.90. The van der Waals surface area contributed by atoms with Gasteiger partial charge < -0.3 is 20.6 Å². The standard InChI is InChI=1S/C25H30FN5O/c1-2-27-25(30-17-19-9-12-28-23-6-4-3-5-21(19)23)29-16-18-7-8-24(22(26)15-18)31-13-10-20(32)11-14-31/h3-9,12,15,20,32H,2,10-11,13-14,16-17H2,1H3,(H2,27,29,30). The maximum atomic E-state index is 14.7. The average Bonchev–Trinajstić information content (AvgIpc) is 2.81. The molecule has 3 N–H and O–H groups in total. The highest BCUT2D eigenvalue weighted by Gasteiger charge is 2.19. The van der Waals surface area contributed by atoms with Gasteiger partial charge in [-0.3, -0.25) is 4.98 Å². The molecule has 0 saturated carbocycles. The van der Waals surface area contributed by atoms with Crippen molar-refractivity contribution in [1.82, 2.24) is 15.6 Å². The number of piperidine rings is 1. The van der Waals surface area contributed by atoms with Crippen molar-refractivity contribution in [2.75, 3.05) is 24.5 Å². The van der Waals surface area contributed by atoms with E-state index in [1.165, 1.54) is 0 Å². The van der Waals surface area contributed by atoms with Crippen molar-refractivity contribution in [3.8, 4) is 0 Å². The smallest absolute Gasteiger partial charge is 0.191 e. The van der Waals surface area contributed by atoms with Crippen LogP contribution in [0, 0.1) is 5.82 Å². The zero-order valence-corrected chi connectivity index (χ0v) is 18.4. The largest absolute Gasteiger partial charge is 0.393 e. The van der Waals surface area contributed by atoms with E-state index in [1.54, 1.807) is 6.07 Å². The second-order valence-corrected chi connectivity index (χ2v) is 8.04. The molecule has 0 unspecified atom stereocenters. The van der Waals surface area contributed by atoms with Crippen LogP contribution in [-0.2, 0) is 13.1 Å². The van der Waals surface area contributed by atoms with E-state index in [2.05, 4.69) is 26.7 Å². The van der Waals surface area contributed by atoms with Crippen LogP contribution in [0.15, 0.2) is 59.7 Å². The molecule has 1 aliphatic heterocycles. The fraction of sp³-hybridized carbons (Fsp3) is 0.360. The van der Waals surface area contributed by atoms with Crippen molar-refractivity contribution in [3.05, 3.63) is 71.7 Å². The van der Waals surface area contributed by atoms with Crippen LogP contribution in [0.4, 0.5) is 10.1 Å². The predicted octanol–water partition coefficient (Wildman–Crippen LogP) is 3.59. The Balaban J connectivity index is 1.42. The number of hydrogen-bond acceptors (Lipinski definition) is 4. The second kappa shape index (κ2) is 10.4. The lowest BCUT2D eigenvalue weighted by Crippen LogP contribution is -2.37. The highest BCUT2D eigenvalue weighted by molar-refractivity contribution is 5.83. The van der Waals surface area contributed by atoms with Crippen molar-refractivity contribution >= 4 is 22.5 Å². The van der Waals surface area contributed by atoms with Crippen molar-refractivity contribution in [2.45, 2.75) is 39.0 Å². The van der Waals surface area contributed by atoms with Gasteiger partial charge in [0.1, 0.15) is 5.82 Å². The molecule has 2 aromatic carbocycles. The summed E-state index contributed by atoms with van der Waals surface area (Å²) in [5, 5.41) is 17.4. The summed E-state index contributed by atoms with van der Waals surface area (Å²) in [7, 11) is 0. The van der Waals surface area contributed by atoms with E-state index >= 15 is 0 Å². The number of hydrogen-bond donors (Lipinski definition) is 3. The van der Waals surface area contributed by atoms with Gasteiger partial charge in [-0.15, -0.1) is 0 Å². The first kappa shape index (κ1) is 22.0. The van der Waals surface area contributed by atoms with E-state index in [4.69, 9.17) is 0 Å². The lowest BCUT2D eigenvalue weighted by atomic mass is 10.1. The number of halogens is 1. The van der Waals surface area contributed by atoms with Gasteiger partial charge >= 0.3 is 0 Å². The number of aliphatic hydroxyl groups is 1. The average molecular weight is 436 g/mol. The molecule has 0 aliphatic carbocycles. The van der Waals surface area contributed by atoms with Crippen molar-refractivity contribution in [2.24, 2.45) is 4.99 Å². The van der Waals surface area contributed by atoms with Crippen LogP contribution in [0.25, 0.3) is 10.9 Å². The minimum Gasteiger partial charge on any atom is -0.393 e. The Morgan fingerprint density at radius 1 is 1.16 bits per heavy atom. The van der Waals surface area contributed by atoms with Crippen molar-refractivity contribution in [3.63, 3.8) is 0 Å². The number of aliphatic hydroxyl groups excluding tert-OH is 1. The third-order valence-electron chi connectivity index (χ3n) is 5.77. The molecule has 0 spiro atoms.